The molecule has 1 atom stereocenters. The lowest BCUT2D eigenvalue weighted by atomic mass is 9.92. The quantitative estimate of drug-likeness (QED) is 0.900. The summed E-state index contributed by atoms with van der Waals surface area (Å²) in [4.78, 5) is 12.8. The summed E-state index contributed by atoms with van der Waals surface area (Å²) in [6.45, 7) is 2.05. The van der Waals surface area contributed by atoms with E-state index in [9.17, 15) is 4.79 Å². The smallest absolute Gasteiger partial charge is 0.250 e. The van der Waals surface area contributed by atoms with Crippen molar-refractivity contribution in [2.45, 2.75) is 31.7 Å². The lowest BCUT2D eigenvalue weighted by Gasteiger charge is -2.23. The standard InChI is InChI=1S/C17H22N4O2/c1-4-11-10-15(20-21(11)2)19-16(22)17(18)9-8-12-13(17)6-5-7-14(12)23-3/h5-7,10H,4,8-9,18H2,1-3H3,(H,19,20,22). The molecule has 1 heterocycles. The Morgan fingerprint density at radius 1 is 1.52 bits per heavy atom. The summed E-state index contributed by atoms with van der Waals surface area (Å²) in [6.07, 6.45) is 2.14. The Bertz CT molecular complexity index is 753. The summed E-state index contributed by atoms with van der Waals surface area (Å²) in [5, 5.41) is 7.18. The number of aryl methyl sites for hydroxylation is 2. The van der Waals surface area contributed by atoms with Crippen LogP contribution in [-0.4, -0.2) is 22.8 Å². The van der Waals surface area contributed by atoms with Gasteiger partial charge >= 0.3 is 0 Å². The third-order valence-electron chi connectivity index (χ3n) is 4.59. The maximum Gasteiger partial charge on any atom is 0.250 e. The number of nitrogens with two attached hydrogens (primary N) is 1. The normalized spacial score (nSPS) is 19.5. The van der Waals surface area contributed by atoms with E-state index < -0.39 is 5.54 Å². The molecule has 0 aliphatic heterocycles. The van der Waals surface area contributed by atoms with E-state index in [-0.39, 0.29) is 5.91 Å². The van der Waals surface area contributed by atoms with Crippen LogP contribution in [0.1, 0.15) is 30.2 Å². The first-order valence-electron chi connectivity index (χ1n) is 7.79. The maximum absolute atomic E-state index is 12.8. The molecule has 0 bridgehead atoms. The average molecular weight is 314 g/mol. The number of benzene rings is 1. The Morgan fingerprint density at radius 3 is 2.96 bits per heavy atom. The first kappa shape index (κ1) is 15.6. The minimum atomic E-state index is -1.05. The summed E-state index contributed by atoms with van der Waals surface area (Å²) in [7, 11) is 3.49. The number of carbonyl (C=O) groups is 1. The molecule has 1 unspecified atom stereocenters. The summed E-state index contributed by atoms with van der Waals surface area (Å²) in [6, 6.07) is 7.55. The molecule has 3 rings (SSSR count). The molecule has 0 fully saturated rings. The van der Waals surface area contributed by atoms with Gasteiger partial charge in [-0.3, -0.25) is 9.48 Å². The topological polar surface area (TPSA) is 82.2 Å². The maximum atomic E-state index is 12.8. The second-order valence-corrected chi connectivity index (χ2v) is 5.91. The number of ether oxygens (including phenoxy) is 1. The van der Waals surface area contributed by atoms with Crippen LogP contribution in [0.3, 0.4) is 0 Å². The van der Waals surface area contributed by atoms with Crippen molar-refractivity contribution >= 4 is 11.7 Å². The van der Waals surface area contributed by atoms with Crippen LogP contribution in [0.5, 0.6) is 5.75 Å². The highest BCUT2D eigenvalue weighted by atomic mass is 16.5. The van der Waals surface area contributed by atoms with Gasteiger partial charge < -0.3 is 15.8 Å². The molecule has 1 amide bonds. The predicted octanol–water partition coefficient (Wildman–Crippen LogP) is 1.73. The Kier molecular flexibility index (Phi) is 3.85. The van der Waals surface area contributed by atoms with Gasteiger partial charge in [0.2, 0.25) is 5.91 Å². The Balaban J connectivity index is 1.89. The number of carbonyl (C=O) groups excluding carboxylic acids is 1. The lowest BCUT2D eigenvalue weighted by molar-refractivity contribution is -0.121. The van der Waals surface area contributed by atoms with E-state index in [1.54, 1.807) is 11.8 Å². The van der Waals surface area contributed by atoms with E-state index >= 15 is 0 Å². The van der Waals surface area contributed by atoms with Crippen LogP contribution in [0.25, 0.3) is 0 Å². The van der Waals surface area contributed by atoms with Gasteiger partial charge in [0, 0.05) is 18.8 Å². The predicted molar refractivity (Wildman–Crippen MR) is 88.4 cm³/mol. The van der Waals surface area contributed by atoms with Gasteiger partial charge in [0.1, 0.15) is 11.3 Å². The van der Waals surface area contributed by atoms with Crippen molar-refractivity contribution in [3.63, 3.8) is 0 Å². The molecule has 0 radical (unpaired) electrons. The van der Waals surface area contributed by atoms with Crippen LogP contribution in [0, 0.1) is 0 Å². The van der Waals surface area contributed by atoms with E-state index in [0.29, 0.717) is 12.2 Å². The molecular formula is C17H22N4O2. The van der Waals surface area contributed by atoms with Gasteiger partial charge in [-0.25, -0.2) is 0 Å². The summed E-state index contributed by atoms with van der Waals surface area (Å²) in [5.41, 5.74) is 8.32. The van der Waals surface area contributed by atoms with Gasteiger partial charge in [-0.1, -0.05) is 19.1 Å². The van der Waals surface area contributed by atoms with Gasteiger partial charge in [-0.05, 0) is 36.5 Å². The van der Waals surface area contributed by atoms with Gasteiger partial charge in [-0.2, -0.15) is 5.10 Å². The largest absolute Gasteiger partial charge is 0.496 e. The molecule has 2 aromatic rings. The molecule has 6 heteroatoms. The number of fused-ring (bicyclic) bond motifs is 1. The minimum absolute atomic E-state index is 0.231. The third kappa shape index (κ3) is 2.49. The summed E-state index contributed by atoms with van der Waals surface area (Å²) in [5.74, 6) is 1.09. The van der Waals surface area contributed by atoms with Crippen LogP contribution in [0.2, 0.25) is 0 Å². The van der Waals surface area contributed by atoms with Crippen molar-refractivity contribution in [1.29, 1.82) is 0 Å². The molecule has 1 aliphatic carbocycles. The van der Waals surface area contributed by atoms with Crippen molar-refractivity contribution < 1.29 is 9.53 Å². The molecule has 0 saturated heterocycles. The zero-order valence-electron chi connectivity index (χ0n) is 13.7. The van der Waals surface area contributed by atoms with Gasteiger partial charge in [0.25, 0.3) is 0 Å². The molecule has 0 spiro atoms. The van der Waals surface area contributed by atoms with E-state index in [0.717, 1.165) is 35.4 Å². The van der Waals surface area contributed by atoms with E-state index in [1.807, 2.05) is 38.2 Å². The number of anilines is 1. The average Bonchev–Trinajstić information content (AvgIpc) is 3.08. The number of hydrogen-bond donors (Lipinski definition) is 2. The molecule has 6 nitrogen and oxygen atoms in total. The van der Waals surface area contributed by atoms with Crippen molar-refractivity contribution in [2.24, 2.45) is 12.8 Å². The van der Waals surface area contributed by atoms with Crippen LogP contribution in [-0.2, 0) is 30.2 Å². The van der Waals surface area contributed by atoms with Crippen LogP contribution in [0.15, 0.2) is 24.3 Å². The zero-order valence-corrected chi connectivity index (χ0v) is 13.7. The number of nitrogens with zero attached hydrogens (tertiary/aromatic N) is 2. The van der Waals surface area contributed by atoms with Crippen LogP contribution < -0.4 is 15.8 Å². The molecule has 0 saturated carbocycles. The van der Waals surface area contributed by atoms with Crippen LogP contribution in [0.4, 0.5) is 5.82 Å². The van der Waals surface area contributed by atoms with Gasteiger partial charge in [-0.15, -0.1) is 0 Å². The fourth-order valence-electron chi connectivity index (χ4n) is 3.25. The molecule has 1 aliphatic rings. The number of amides is 1. The SMILES string of the molecule is CCc1cc(NC(=O)C2(N)CCc3c(OC)cccc32)nn1C. The van der Waals surface area contributed by atoms with Crippen molar-refractivity contribution in [1.82, 2.24) is 9.78 Å². The second kappa shape index (κ2) is 5.70. The third-order valence-corrected chi connectivity index (χ3v) is 4.59. The minimum Gasteiger partial charge on any atom is -0.496 e. The highest BCUT2D eigenvalue weighted by Crippen LogP contribution is 2.40. The van der Waals surface area contributed by atoms with Crippen molar-refractivity contribution in [3.8, 4) is 5.75 Å². The molecule has 3 N–H and O–H groups in total. The highest BCUT2D eigenvalue weighted by Gasteiger charge is 2.43. The molecular weight excluding hydrogens is 292 g/mol. The van der Waals surface area contributed by atoms with Crippen molar-refractivity contribution in [2.75, 3.05) is 12.4 Å². The summed E-state index contributed by atoms with van der Waals surface area (Å²) < 4.78 is 7.15. The Morgan fingerprint density at radius 2 is 2.30 bits per heavy atom. The molecule has 122 valence electrons. The number of nitrogens with one attached hydrogen (secondary N) is 1. The molecule has 23 heavy (non-hydrogen) atoms. The van der Waals surface area contributed by atoms with Crippen LogP contribution >= 0.6 is 0 Å². The fourth-order valence-corrected chi connectivity index (χ4v) is 3.25. The van der Waals surface area contributed by atoms with E-state index in [2.05, 4.69) is 10.4 Å². The van der Waals surface area contributed by atoms with Gasteiger partial charge in [0.15, 0.2) is 5.82 Å². The number of aromatic nitrogens is 2. The van der Waals surface area contributed by atoms with Crippen molar-refractivity contribution in [3.05, 3.63) is 41.1 Å². The Hall–Kier alpha value is -2.34. The van der Waals surface area contributed by atoms with E-state index in [4.69, 9.17) is 10.5 Å². The van der Waals surface area contributed by atoms with E-state index in [1.165, 1.54) is 0 Å². The number of rotatable bonds is 4. The summed E-state index contributed by atoms with van der Waals surface area (Å²) >= 11 is 0. The first-order valence-corrected chi connectivity index (χ1v) is 7.79. The molecule has 1 aromatic heterocycles. The Labute approximate surface area is 135 Å². The lowest BCUT2D eigenvalue weighted by Crippen LogP contribution is -2.46. The molecule has 1 aromatic carbocycles. The van der Waals surface area contributed by atoms with Gasteiger partial charge in [0.05, 0.1) is 7.11 Å². The fraction of sp³-hybridized carbons (Fsp3) is 0.412. The number of methoxy groups -OCH3 is 1. The first-order chi connectivity index (χ1) is 11.0. The second-order valence-electron chi connectivity index (χ2n) is 5.91. The highest BCUT2D eigenvalue weighted by molar-refractivity contribution is 5.99. The number of hydrogen-bond acceptors (Lipinski definition) is 4. The monoisotopic (exact) mass is 314 g/mol. The zero-order chi connectivity index (χ0) is 16.6.